The van der Waals surface area contributed by atoms with Crippen molar-refractivity contribution in [3.63, 3.8) is 0 Å². The van der Waals surface area contributed by atoms with Crippen LogP contribution >= 0.6 is 0 Å². The van der Waals surface area contributed by atoms with Crippen molar-refractivity contribution in [3.05, 3.63) is 0 Å². The van der Waals surface area contributed by atoms with E-state index >= 15 is 0 Å². The van der Waals surface area contributed by atoms with Gasteiger partial charge in [0.05, 0.1) is 0 Å². The Bertz CT molecular complexity index is 14.4. The zero-order chi connectivity index (χ0) is 4.12. The summed E-state index contributed by atoms with van der Waals surface area (Å²) < 4.78 is 0. The van der Waals surface area contributed by atoms with Gasteiger partial charge in [-0.1, -0.05) is 12.6 Å². The van der Waals surface area contributed by atoms with E-state index < -0.39 is 0 Å². The number of hydrogen-bond donors (Lipinski definition) is 1. The van der Waals surface area contributed by atoms with Gasteiger partial charge in [0.1, 0.15) is 0 Å². The molecule has 0 radical (unpaired) electrons. The molecule has 0 aromatic rings. The van der Waals surface area contributed by atoms with Crippen LogP contribution in [0.25, 0.3) is 0 Å². The van der Waals surface area contributed by atoms with Crippen LogP contribution in [0.5, 0.6) is 0 Å². The lowest BCUT2D eigenvalue weighted by atomic mass is 10.8. The van der Waals surface area contributed by atoms with Crippen molar-refractivity contribution in [1.82, 2.24) is 0 Å². The summed E-state index contributed by atoms with van der Waals surface area (Å²) in [5.41, 5.74) is 5.17. The van der Waals surface area contributed by atoms with Gasteiger partial charge in [0.2, 0.25) is 0 Å². The first-order chi connectivity index (χ1) is 2.41. The molecule has 0 saturated carbocycles. The van der Waals surface area contributed by atoms with Crippen LogP contribution in [0.2, 0.25) is 12.6 Å². The molecule has 0 bridgehead atoms. The first-order valence-corrected chi connectivity index (χ1v) is 4.53. The number of nitrogens with two attached hydrogens (primary N) is 1. The van der Waals surface area contributed by atoms with Crippen LogP contribution in [0.15, 0.2) is 0 Å². The van der Waals surface area contributed by atoms with Crippen LogP contribution in [-0.2, 0) is 0 Å². The van der Waals surface area contributed by atoms with Crippen LogP contribution in [0.3, 0.4) is 0 Å². The Morgan fingerprint density at radius 1 is 1.80 bits per heavy atom. The third-order valence-electron chi connectivity index (χ3n) is 0.558. The standard InChI is InChI=1S/C3H11NSi/c1-5-3-2-4/h2-5H2,1H3. The van der Waals surface area contributed by atoms with Crippen molar-refractivity contribution in [2.24, 2.45) is 5.73 Å². The van der Waals surface area contributed by atoms with Crippen LogP contribution in [0.4, 0.5) is 0 Å². The fourth-order valence-corrected chi connectivity index (χ4v) is 0.612. The van der Waals surface area contributed by atoms with Gasteiger partial charge >= 0.3 is 0 Å². The van der Waals surface area contributed by atoms with Gasteiger partial charge in [-0.15, -0.1) is 0 Å². The van der Waals surface area contributed by atoms with Crippen molar-refractivity contribution in [1.29, 1.82) is 0 Å². The van der Waals surface area contributed by atoms with E-state index in [4.69, 9.17) is 5.73 Å². The summed E-state index contributed by atoms with van der Waals surface area (Å²) in [6, 6.07) is 1.31. The Morgan fingerprint density at radius 3 is 2.40 bits per heavy atom. The normalized spacial score (nSPS) is 10.8. The molecular formula is C3H11NSi. The molecular weight excluding hydrogens is 78.1 g/mol. The summed E-state index contributed by atoms with van der Waals surface area (Å²) >= 11 is 0. The lowest BCUT2D eigenvalue weighted by molar-refractivity contribution is 1.12. The molecule has 0 aromatic heterocycles. The largest absolute Gasteiger partial charge is 0.331 e. The number of hydrogen-bond acceptors (Lipinski definition) is 1. The Labute approximate surface area is 35.4 Å². The van der Waals surface area contributed by atoms with Crippen molar-refractivity contribution in [2.75, 3.05) is 6.54 Å². The maximum atomic E-state index is 5.17. The highest BCUT2D eigenvalue weighted by Gasteiger charge is 1.69. The average molecular weight is 89.2 g/mol. The zero-order valence-corrected chi connectivity index (χ0v) is 5.11. The Hall–Kier alpha value is 0.177. The fraction of sp³-hybridized carbons (Fsp3) is 1.00. The van der Waals surface area contributed by atoms with Gasteiger partial charge in [-0.25, -0.2) is 0 Å². The maximum absolute atomic E-state index is 5.17. The Morgan fingerprint density at radius 2 is 2.40 bits per heavy atom. The minimum Gasteiger partial charge on any atom is -0.331 e. The van der Waals surface area contributed by atoms with E-state index in [0.29, 0.717) is 0 Å². The predicted octanol–water partition coefficient (Wildman–Crippen LogP) is -0.420. The van der Waals surface area contributed by atoms with E-state index in [1.165, 1.54) is 6.04 Å². The third kappa shape index (κ3) is 4.18. The van der Waals surface area contributed by atoms with Gasteiger partial charge in [0.25, 0.3) is 0 Å². The second-order valence-corrected chi connectivity index (χ2v) is 2.85. The van der Waals surface area contributed by atoms with Gasteiger partial charge in [0, 0.05) is 9.52 Å². The van der Waals surface area contributed by atoms with Gasteiger partial charge in [-0.3, -0.25) is 0 Å². The summed E-state index contributed by atoms with van der Waals surface area (Å²) in [5.74, 6) is 0. The summed E-state index contributed by atoms with van der Waals surface area (Å²) in [5, 5.41) is 0. The molecule has 0 spiro atoms. The Balaban J connectivity index is 2.19. The second kappa shape index (κ2) is 4.18. The van der Waals surface area contributed by atoms with E-state index in [-0.39, 0.29) is 9.52 Å². The molecule has 0 aliphatic carbocycles. The minimum atomic E-state index is 0.289. The summed E-state index contributed by atoms with van der Waals surface area (Å²) in [6.07, 6.45) is 0. The quantitative estimate of drug-likeness (QED) is 0.457. The SMILES string of the molecule is C[SiH2]CCN. The van der Waals surface area contributed by atoms with Crippen LogP contribution in [-0.4, -0.2) is 16.1 Å². The lowest BCUT2D eigenvalue weighted by Gasteiger charge is -1.79. The van der Waals surface area contributed by atoms with Crippen molar-refractivity contribution in [2.45, 2.75) is 12.6 Å². The topological polar surface area (TPSA) is 26.0 Å². The fourth-order valence-electron chi connectivity index (χ4n) is 0.204. The summed E-state index contributed by atoms with van der Waals surface area (Å²) in [4.78, 5) is 0. The van der Waals surface area contributed by atoms with Gasteiger partial charge in [-0.05, 0) is 6.54 Å². The highest BCUT2D eigenvalue weighted by atomic mass is 28.2. The minimum absolute atomic E-state index is 0.289. The molecule has 2 N–H and O–H groups in total. The molecule has 0 amide bonds. The summed E-state index contributed by atoms with van der Waals surface area (Å²) in [7, 11) is 0.289. The van der Waals surface area contributed by atoms with E-state index in [1.54, 1.807) is 0 Å². The van der Waals surface area contributed by atoms with Crippen LogP contribution < -0.4 is 5.73 Å². The molecule has 0 unspecified atom stereocenters. The van der Waals surface area contributed by atoms with Gasteiger partial charge in [0.15, 0.2) is 0 Å². The molecule has 0 aliphatic heterocycles. The highest BCUT2D eigenvalue weighted by Crippen LogP contribution is 1.65. The molecule has 0 saturated heterocycles. The zero-order valence-electron chi connectivity index (χ0n) is 3.70. The van der Waals surface area contributed by atoms with Crippen molar-refractivity contribution in [3.8, 4) is 0 Å². The molecule has 2 heteroatoms. The van der Waals surface area contributed by atoms with Gasteiger partial charge in [-0.2, -0.15) is 0 Å². The Kier molecular flexibility index (Phi) is 4.32. The molecule has 0 fully saturated rings. The molecule has 0 aliphatic rings. The summed E-state index contributed by atoms with van der Waals surface area (Å²) in [6.45, 7) is 3.18. The monoisotopic (exact) mass is 89.1 g/mol. The van der Waals surface area contributed by atoms with E-state index in [0.717, 1.165) is 6.54 Å². The van der Waals surface area contributed by atoms with E-state index in [2.05, 4.69) is 6.55 Å². The average Bonchev–Trinajstić information content (AvgIpc) is 1.41. The second-order valence-electron chi connectivity index (χ2n) is 1.14. The van der Waals surface area contributed by atoms with Crippen LogP contribution in [0, 0.1) is 0 Å². The lowest BCUT2D eigenvalue weighted by Crippen LogP contribution is -1.99. The predicted molar refractivity (Wildman–Crippen MR) is 28.3 cm³/mol. The molecule has 0 aromatic carbocycles. The number of rotatable bonds is 2. The maximum Gasteiger partial charge on any atom is 0.0181 e. The highest BCUT2D eigenvalue weighted by molar-refractivity contribution is 6.33. The third-order valence-corrected chi connectivity index (χ3v) is 1.67. The molecule has 32 valence electrons. The van der Waals surface area contributed by atoms with E-state index in [9.17, 15) is 0 Å². The molecule has 0 atom stereocenters. The molecule has 1 nitrogen and oxygen atoms in total. The molecule has 5 heavy (non-hydrogen) atoms. The first kappa shape index (κ1) is 5.18. The van der Waals surface area contributed by atoms with Crippen molar-refractivity contribution < 1.29 is 0 Å². The van der Waals surface area contributed by atoms with E-state index in [1.807, 2.05) is 0 Å². The molecule has 0 rings (SSSR count). The molecule has 0 heterocycles. The first-order valence-electron chi connectivity index (χ1n) is 2.12. The van der Waals surface area contributed by atoms with Crippen LogP contribution in [0.1, 0.15) is 0 Å². The van der Waals surface area contributed by atoms with Crippen molar-refractivity contribution >= 4 is 9.52 Å². The van der Waals surface area contributed by atoms with Gasteiger partial charge < -0.3 is 5.73 Å². The smallest absolute Gasteiger partial charge is 0.0181 e.